The van der Waals surface area contributed by atoms with Gasteiger partial charge < -0.3 is 9.47 Å². The average molecular weight is 266 g/mol. The van der Waals surface area contributed by atoms with Crippen LogP contribution >= 0.6 is 0 Å². The summed E-state index contributed by atoms with van der Waals surface area (Å²) in [6.07, 6.45) is 5.25. The molecule has 1 aromatic heterocycles. The molecule has 5 heteroatoms. The van der Waals surface area contributed by atoms with Crippen LogP contribution in [0.3, 0.4) is 0 Å². The van der Waals surface area contributed by atoms with E-state index in [1.165, 1.54) is 11.1 Å². The van der Waals surface area contributed by atoms with Gasteiger partial charge in [0.15, 0.2) is 0 Å². The minimum atomic E-state index is -0.422. The van der Waals surface area contributed by atoms with Crippen molar-refractivity contribution in [2.24, 2.45) is 5.92 Å². The van der Waals surface area contributed by atoms with E-state index in [2.05, 4.69) is 10.3 Å². The van der Waals surface area contributed by atoms with Gasteiger partial charge in [0.05, 0.1) is 12.7 Å². The average Bonchev–Trinajstić information content (AvgIpc) is 2.78. The molecule has 1 heterocycles. The van der Waals surface area contributed by atoms with Crippen molar-refractivity contribution >= 4 is 6.09 Å². The van der Waals surface area contributed by atoms with Gasteiger partial charge in [-0.3, -0.25) is 10.3 Å². The van der Waals surface area contributed by atoms with E-state index in [1.54, 1.807) is 6.20 Å². The van der Waals surface area contributed by atoms with E-state index in [9.17, 15) is 4.79 Å². The van der Waals surface area contributed by atoms with Crippen LogP contribution in [0.4, 0.5) is 4.79 Å². The maximum Gasteiger partial charge on any atom is 0.408 e. The Kier molecular flexibility index (Phi) is 4.74. The fraction of sp³-hybridized carbons (Fsp3) is 0.571. The summed E-state index contributed by atoms with van der Waals surface area (Å²) < 4.78 is 10.4. The lowest BCUT2D eigenvalue weighted by atomic mass is 10.1. The molecule has 1 aliphatic carbocycles. The molecule has 0 bridgehead atoms. The number of hydrogen-bond acceptors (Lipinski definition) is 4. The molecule has 1 atom stereocenters. The molecule has 2 rings (SSSR count). The topological polar surface area (TPSA) is 60.5 Å². The van der Waals surface area contributed by atoms with E-state index in [0.29, 0.717) is 12.5 Å². The van der Waals surface area contributed by atoms with Crippen LogP contribution in [0.1, 0.15) is 26.4 Å². The number of rotatable bonds is 5. The summed E-state index contributed by atoms with van der Waals surface area (Å²) in [6.45, 7) is 4.45. The van der Waals surface area contributed by atoms with Crippen molar-refractivity contribution in [1.29, 1.82) is 0 Å². The Hall–Kier alpha value is -1.62. The van der Waals surface area contributed by atoms with Gasteiger partial charge in [-0.15, -0.1) is 0 Å². The Morgan fingerprint density at radius 1 is 1.53 bits per heavy atom. The summed E-state index contributed by atoms with van der Waals surface area (Å²) in [7, 11) is 0. The van der Waals surface area contributed by atoms with Crippen molar-refractivity contribution in [2.45, 2.75) is 32.8 Å². The lowest BCUT2D eigenvalue weighted by Crippen LogP contribution is -2.29. The number of carbonyl (C=O) groups is 1. The van der Waals surface area contributed by atoms with Crippen LogP contribution in [0.25, 0.3) is 0 Å². The number of aromatic nitrogens is 1. The highest BCUT2D eigenvalue weighted by atomic mass is 16.6. The minimum Gasteiger partial charge on any atom is -0.449 e. The standard InChI is InChI=1S/C14H20N2O3.H2/c1-10(2)19-9-16-14(17)18-8-11-5-12-3-4-15-7-13(12)6-11;/h3-4,7,10-11H,5-6,8-9H2,1-2H3,(H,16,17);1H. The molecule has 0 radical (unpaired) electrons. The number of ether oxygens (including phenoxy) is 2. The summed E-state index contributed by atoms with van der Waals surface area (Å²) in [5.41, 5.74) is 2.58. The molecule has 1 aromatic rings. The molecule has 0 aromatic carbocycles. The number of hydrogen-bond donors (Lipinski definition) is 1. The summed E-state index contributed by atoms with van der Waals surface area (Å²) in [4.78, 5) is 15.5. The van der Waals surface area contributed by atoms with E-state index >= 15 is 0 Å². The van der Waals surface area contributed by atoms with Crippen LogP contribution in [0.2, 0.25) is 0 Å². The van der Waals surface area contributed by atoms with Crippen LogP contribution in [0.5, 0.6) is 0 Å². The lowest BCUT2D eigenvalue weighted by molar-refractivity contribution is 0.0555. The third-order valence-electron chi connectivity index (χ3n) is 3.11. The Bertz CT molecular complexity index is 415. The summed E-state index contributed by atoms with van der Waals surface area (Å²) in [5.74, 6) is 0.357. The molecule has 0 saturated heterocycles. The number of pyridine rings is 1. The second-order valence-corrected chi connectivity index (χ2v) is 5.05. The first kappa shape index (κ1) is 13.8. The van der Waals surface area contributed by atoms with Gasteiger partial charge in [0.1, 0.15) is 6.73 Å². The second kappa shape index (κ2) is 6.52. The largest absolute Gasteiger partial charge is 0.449 e. The van der Waals surface area contributed by atoms with E-state index in [1.807, 2.05) is 26.1 Å². The van der Waals surface area contributed by atoms with Gasteiger partial charge in [-0.25, -0.2) is 4.79 Å². The van der Waals surface area contributed by atoms with Gasteiger partial charge in [0.2, 0.25) is 0 Å². The van der Waals surface area contributed by atoms with Gasteiger partial charge in [-0.1, -0.05) is 0 Å². The number of carbonyl (C=O) groups excluding carboxylic acids is 1. The van der Waals surface area contributed by atoms with Crippen LogP contribution in [0.15, 0.2) is 18.5 Å². The molecule has 1 aliphatic rings. The number of nitrogens with one attached hydrogen (secondary N) is 1. The predicted molar refractivity (Wildman–Crippen MR) is 72.8 cm³/mol. The SMILES string of the molecule is CC(C)OCNC(=O)OCC1Cc2ccncc2C1.[HH]. The monoisotopic (exact) mass is 266 g/mol. The molecular formula is C14H22N2O3. The molecule has 1 N–H and O–H groups in total. The van der Waals surface area contributed by atoms with Crippen molar-refractivity contribution in [1.82, 2.24) is 10.3 Å². The zero-order valence-electron chi connectivity index (χ0n) is 11.4. The van der Waals surface area contributed by atoms with Crippen LogP contribution in [-0.2, 0) is 22.3 Å². The highest BCUT2D eigenvalue weighted by molar-refractivity contribution is 5.66. The Morgan fingerprint density at radius 2 is 2.32 bits per heavy atom. The summed E-state index contributed by atoms with van der Waals surface area (Å²) in [5, 5.41) is 2.56. The van der Waals surface area contributed by atoms with Crippen molar-refractivity contribution in [3.05, 3.63) is 29.6 Å². The number of nitrogens with zero attached hydrogens (tertiary/aromatic N) is 1. The number of alkyl carbamates (subject to hydrolysis) is 1. The smallest absolute Gasteiger partial charge is 0.408 e. The van der Waals surface area contributed by atoms with Gasteiger partial charge in [-0.2, -0.15) is 0 Å². The third-order valence-corrected chi connectivity index (χ3v) is 3.11. The third kappa shape index (κ3) is 4.21. The first-order valence-corrected chi connectivity index (χ1v) is 6.59. The molecule has 0 spiro atoms. The quantitative estimate of drug-likeness (QED) is 0.830. The van der Waals surface area contributed by atoms with Gasteiger partial charge in [0.25, 0.3) is 0 Å². The fourth-order valence-electron chi connectivity index (χ4n) is 2.16. The number of amides is 1. The molecule has 0 aliphatic heterocycles. The zero-order valence-corrected chi connectivity index (χ0v) is 11.4. The summed E-state index contributed by atoms with van der Waals surface area (Å²) >= 11 is 0. The summed E-state index contributed by atoms with van der Waals surface area (Å²) in [6, 6.07) is 2.03. The first-order chi connectivity index (χ1) is 9.15. The van der Waals surface area contributed by atoms with Crippen molar-refractivity contribution in [3.63, 3.8) is 0 Å². The highest BCUT2D eigenvalue weighted by Gasteiger charge is 2.22. The maximum absolute atomic E-state index is 11.4. The maximum atomic E-state index is 11.4. The molecule has 0 fully saturated rings. The Labute approximate surface area is 114 Å². The van der Waals surface area contributed by atoms with Crippen LogP contribution in [0, 0.1) is 5.92 Å². The first-order valence-electron chi connectivity index (χ1n) is 6.59. The Morgan fingerprint density at radius 3 is 3.05 bits per heavy atom. The fourth-order valence-corrected chi connectivity index (χ4v) is 2.16. The molecule has 1 unspecified atom stereocenters. The molecule has 5 nitrogen and oxygen atoms in total. The molecule has 106 valence electrons. The molecule has 19 heavy (non-hydrogen) atoms. The second-order valence-electron chi connectivity index (χ2n) is 5.05. The van der Waals surface area contributed by atoms with Crippen LogP contribution < -0.4 is 5.32 Å². The van der Waals surface area contributed by atoms with Gasteiger partial charge >= 0.3 is 6.09 Å². The lowest BCUT2D eigenvalue weighted by Gasteiger charge is -2.12. The van der Waals surface area contributed by atoms with E-state index in [0.717, 1.165) is 12.8 Å². The van der Waals surface area contributed by atoms with E-state index in [-0.39, 0.29) is 14.3 Å². The normalized spacial score (nSPS) is 17.3. The molecular weight excluding hydrogens is 244 g/mol. The van der Waals surface area contributed by atoms with Crippen molar-refractivity contribution in [3.8, 4) is 0 Å². The minimum absolute atomic E-state index is 0. The highest BCUT2D eigenvalue weighted by Crippen LogP contribution is 2.25. The zero-order chi connectivity index (χ0) is 13.7. The van der Waals surface area contributed by atoms with E-state index < -0.39 is 6.09 Å². The predicted octanol–water partition coefficient (Wildman–Crippen LogP) is 2.15. The van der Waals surface area contributed by atoms with Gasteiger partial charge in [-0.05, 0) is 43.9 Å². The van der Waals surface area contributed by atoms with E-state index in [4.69, 9.17) is 9.47 Å². The van der Waals surface area contributed by atoms with Gasteiger partial charge in [0, 0.05) is 19.7 Å². The number of fused-ring (bicyclic) bond motifs is 1. The van der Waals surface area contributed by atoms with Crippen molar-refractivity contribution in [2.75, 3.05) is 13.3 Å². The molecule has 1 amide bonds. The molecule has 0 saturated carbocycles. The van der Waals surface area contributed by atoms with Crippen LogP contribution in [-0.4, -0.2) is 30.5 Å². The van der Waals surface area contributed by atoms with Crippen molar-refractivity contribution < 1.29 is 15.7 Å². The Balaban J connectivity index is 0.00000200.